The molecule has 0 spiro atoms. The van der Waals surface area contributed by atoms with Crippen LogP contribution >= 0.6 is 0 Å². The van der Waals surface area contributed by atoms with E-state index in [2.05, 4.69) is 20.4 Å². The van der Waals surface area contributed by atoms with Crippen molar-refractivity contribution in [1.82, 2.24) is 15.1 Å². The summed E-state index contributed by atoms with van der Waals surface area (Å²) in [7, 11) is 0. The van der Waals surface area contributed by atoms with Gasteiger partial charge in [0.15, 0.2) is 0 Å². The fraction of sp³-hybridized carbons (Fsp3) is 0.0476. The number of nitrogens with one attached hydrogen (secondary N) is 1. The van der Waals surface area contributed by atoms with E-state index < -0.39 is 0 Å². The molecule has 132 valence electrons. The fourth-order valence-corrected chi connectivity index (χ4v) is 2.61. The van der Waals surface area contributed by atoms with Gasteiger partial charge in [0, 0.05) is 11.8 Å². The Bertz CT molecular complexity index is 1070. The second-order valence-corrected chi connectivity index (χ2v) is 6.00. The number of hydrogen-bond donors (Lipinski definition) is 1. The smallest absolute Gasteiger partial charge is 0.260 e. The third-order valence-corrected chi connectivity index (χ3v) is 4.04. The predicted octanol–water partition coefficient (Wildman–Crippen LogP) is 4.36. The lowest BCUT2D eigenvalue weighted by Crippen LogP contribution is -2.12. The van der Waals surface area contributed by atoms with Gasteiger partial charge in [-0.3, -0.25) is 9.78 Å². The van der Waals surface area contributed by atoms with Crippen LogP contribution in [-0.2, 0) is 0 Å². The van der Waals surface area contributed by atoms with E-state index in [-0.39, 0.29) is 5.91 Å². The van der Waals surface area contributed by atoms with Crippen molar-refractivity contribution in [3.63, 3.8) is 0 Å². The van der Waals surface area contributed by atoms with Gasteiger partial charge in [-0.2, -0.15) is 4.98 Å². The highest BCUT2D eigenvalue weighted by molar-refractivity contribution is 6.06. The molecular formula is C21H16N4O2. The average molecular weight is 356 g/mol. The van der Waals surface area contributed by atoms with E-state index in [1.54, 1.807) is 30.5 Å². The van der Waals surface area contributed by atoms with Crippen molar-refractivity contribution < 1.29 is 9.32 Å². The van der Waals surface area contributed by atoms with E-state index in [9.17, 15) is 4.79 Å². The molecule has 2 aromatic heterocycles. The molecule has 6 heteroatoms. The number of carbonyl (C=O) groups is 1. The highest BCUT2D eigenvalue weighted by Crippen LogP contribution is 2.28. The maximum Gasteiger partial charge on any atom is 0.260 e. The van der Waals surface area contributed by atoms with Gasteiger partial charge in [0.2, 0.25) is 5.82 Å². The van der Waals surface area contributed by atoms with Crippen LogP contribution in [0.25, 0.3) is 23.0 Å². The zero-order chi connectivity index (χ0) is 18.6. The molecular weight excluding hydrogens is 340 g/mol. The third-order valence-electron chi connectivity index (χ3n) is 4.04. The van der Waals surface area contributed by atoms with Crippen LogP contribution in [0.2, 0.25) is 0 Å². The maximum absolute atomic E-state index is 12.5. The molecule has 1 amide bonds. The molecule has 0 unspecified atom stereocenters. The van der Waals surface area contributed by atoms with E-state index >= 15 is 0 Å². The van der Waals surface area contributed by atoms with E-state index in [1.807, 2.05) is 49.4 Å². The van der Waals surface area contributed by atoms with Gasteiger partial charge in [0.1, 0.15) is 5.69 Å². The Morgan fingerprint density at radius 1 is 0.963 bits per heavy atom. The average Bonchev–Trinajstić information content (AvgIpc) is 3.19. The summed E-state index contributed by atoms with van der Waals surface area (Å²) in [5, 5.41) is 6.90. The van der Waals surface area contributed by atoms with Crippen LogP contribution in [0.1, 0.15) is 15.9 Å². The van der Waals surface area contributed by atoms with Gasteiger partial charge in [0.25, 0.3) is 11.8 Å². The van der Waals surface area contributed by atoms with E-state index in [4.69, 9.17) is 4.52 Å². The Hall–Kier alpha value is -3.80. The molecule has 6 nitrogen and oxygen atoms in total. The Balaban J connectivity index is 1.63. The predicted molar refractivity (Wildman–Crippen MR) is 102 cm³/mol. The number of aryl methyl sites for hydroxylation is 1. The van der Waals surface area contributed by atoms with Crippen LogP contribution in [0.15, 0.2) is 77.4 Å². The van der Waals surface area contributed by atoms with Crippen molar-refractivity contribution in [2.24, 2.45) is 0 Å². The Morgan fingerprint density at radius 2 is 1.74 bits per heavy atom. The van der Waals surface area contributed by atoms with Crippen LogP contribution in [0.3, 0.4) is 0 Å². The molecule has 4 aromatic rings. The zero-order valence-corrected chi connectivity index (χ0v) is 14.6. The van der Waals surface area contributed by atoms with Crippen molar-refractivity contribution in [2.45, 2.75) is 6.92 Å². The highest BCUT2D eigenvalue weighted by atomic mass is 16.5. The molecule has 2 heterocycles. The van der Waals surface area contributed by atoms with Gasteiger partial charge in [-0.15, -0.1) is 0 Å². The lowest BCUT2D eigenvalue weighted by Gasteiger charge is -2.08. The summed E-state index contributed by atoms with van der Waals surface area (Å²) >= 11 is 0. The normalized spacial score (nSPS) is 10.6. The molecule has 0 aliphatic carbocycles. The molecule has 2 aromatic carbocycles. The fourth-order valence-electron chi connectivity index (χ4n) is 2.61. The lowest BCUT2D eigenvalue weighted by molar-refractivity contribution is 0.102. The Labute approximate surface area is 155 Å². The van der Waals surface area contributed by atoms with Crippen LogP contribution in [0.4, 0.5) is 5.69 Å². The second kappa shape index (κ2) is 7.21. The summed E-state index contributed by atoms with van der Waals surface area (Å²) in [5.41, 5.74) is 3.54. The van der Waals surface area contributed by atoms with Crippen molar-refractivity contribution in [3.8, 4) is 23.0 Å². The number of benzene rings is 2. The molecule has 1 N–H and O–H groups in total. The molecule has 4 rings (SSSR count). The summed E-state index contributed by atoms with van der Waals surface area (Å²) in [6, 6.07) is 20.2. The van der Waals surface area contributed by atoms with Crippen LogP contribution in [0, 0.1) is 6.92 Å². The van der Waals surface area contributed by atoms with Gasteiger partial charge >= 0.3 is 0 Å². The first-order valence-electron chi connectivity index (χ1n) is 8.43. The quantitative estimate of drug-likeness (QED) is 0.587. The van der Waals surface area contributed by atoms with Crippen molar-refractivity contribution in [2.75, 3.05) is 5.32 Å². The SMILES string of the molecule is Cc1ccc(C(=O)Nc2ccccc2-c2nc(-c3ccccn3)no2)cc1. The number of amides is 1. The largest absolute Gasteiger partial charge is 0.333 e. The molecule has 0 aliphatic heterocycles. The topological polar surface area (TPSA) is 80.9 Å². The molecule has 0 radical (unpaired) electrons. The minimum Gasteiger partial charge on any atom is -0.333 e. The molecule has 0 saturated heterocycles. The van der Waals surface area contributed by atoms with Crippen molar-refractivity contribution in [1.29, 1.82) is 0 Å². The van der Waals surface area contributed by atoms with Crippen molar-refractivity contribution in [3.05, 3.63) is 84.1 Å². The highest BCUT2D eigenvalue weighted by Gasteiger charge is 2.16. The van der Waals surface area contributed by atoms with E-state index in [0.717, 1.165) is 5.56 Å². The minimum atomic E-state index is -0.202. The van der Waals surface area contributed by atoms with Crippen LogP contribution < -0.4 is 5.32 Å². The first kappa shape index (κ1) is 16.7. The number of nitrogens with zero attached hydrogens (tertiary/aromatic N) is 3. The number of pyridine rings is 1. The van der Waals surface area contributed by atoms with Gasteiger partial charge in [-0.25, -0.2) is 0 Å². The minimum absolute atomic E-state index is 0.202. The van der Waals surface area contributed by atoms with Gasteiger partial charge < -0.3 is 9.84 Å². The zero-order valence-electron chi connectivity index (χ0n) is 14.6. The monoisotopic (exact) mass is 356 g/mol. The van der Waals surface area contributed by atoms with Gasteiger partial charge in [-0.05, 0) is 43.3 Å². The Kier molecular flexibility index (Phi) is 4.45. The van der Waals surface area contributed by atoms with Crippen LogP contribution in [0.5, 0.6) is 0 Å². The number of para-hydroxylation sites is 1. The molecule has 0 bridgehead atoms. The third kappa shape index (κ3) is 3.59. The standard InChI is InChI=1S/C21H16N4O2/c1-14-9-11-15(12-10-14)20(26)23-17-7-3-2-6-16(17)21-24-19(25-27-21)18-8-4-5-13-22-18/h2-13H,1H3,(H,23,26). The van der Waals surface area contributed by atoms with Crippen LogP contribution in [-0.4, -0.2) is 21.0 Å². The number of aromatic nitrogens is 3. The molecule has 0 atom stereocenters. The maximum atomic E-state index is 12.5. The second-order valence-electron chi connectivity index (χ2n) is 6.00. The summed E-state index contributed by atoms with van der Waals surface area (Å²) in [4.78, 5) is 21.2. The molecule has 0 fully saturated rings. The van der Waals surface area contributed by atoms with Gasteiger partial charge in [0.05, 0.1) is 11.3 Å². The molecule has 0 aliphatic rings. The number of carbonyl (C=O) groups excluding carboxylic acids is 1. The van der Waals surface area contributed by atoms with E-state index in [1.165, 1.54) is 0 Å². The molecule has 27 heavy (non-hydrogen) atoms. The molecule has 0 saturated carbocycles. The van der Waals surface area contributed by atoms with E-state index in [0.29, 0.717) is 34.2 Å². The number of anilines is 1. The number of hydrogen-bond acceptors (Lipinski definition) is 5. The van der Waals surface area contributed by atoms with Crippen molar-refractivity contribution >= 4 is 11.6 Å². The number of rotatable bonds is 4. The van der Waals surface area contributed by atoms with Gasteiger partial charge in [-0.1, -0.05) is 41.1 Å². The lowest BCUT2D eigenvalue weighted by atomic mass is 10.1. The first-order valence-corrected chi connectivity index (χ1v) is 8.43. The summed E-state index contributed by atoms with van der Waals surface area (Å²) in [6.07, 6.45) is 1.67. The summed E-state index contributed by atoms with van der Waals surface area (Å²) in [5.74, 6) is 0.507. The summed E-state index contributed by atoms with van der Waals surface area (Å²) in [6.45, 7) is 1.98. The Morgan fingerprint density at radius 3 is 2.52 bits per heavy atom. The summed E-state index contributed by atoms with van der Waals surface area (Å²) < 4.78 is 5.40. The first-order chi connectivity index (χ1) is 13.2.